The Kier molecular flexibility index (Phi) is 4.25. The molecule has 0 bridgehead atoms. The van der Waals surface area contributed by atoms with Crippen molar-refractivity contribution >= 4 is 11.4 Å². The van der Waals surface area contributed by atoms with Crippen molar-refractivity contribution in [3.05, 3.63) is 33.9 Å². The van der Waals surface area contributed by atoms with Crippen molar-refractivity contribution in [2.75, 3.05) is 25.9 Å². The average molecular weight is 278 g/mol. The van der Waals surface area contributed by atoms with Crippen LogP contribution in [0.5, 0.6) is 0 Å². The molecule has 1 heterocycles. The molecule has 1 aromatic rings. The maximum atomic E-state index is 10.8. The lowest BCUT2D eigenvalue weighted by Crippen LogP contribution is -2.54. The highest BCUT2D eigenvalue weighted by molar-refractivity contribution is 5.52. The van der Waals surface area contributed by atoms with E-state index >= 15 is 0 Å². The minimum absolute atomic E-state index is 0.101. The monoisotopic (exact) mass is 278 g/mol. The Morgan fingerprint density at radius 2 is 1.95 bits per heavy atom. The molecule has 1 aliphatic heterocycles. The van der Waals surface area contributed by atoms with Gasteiger partial charge in [-0.15, -0.1) is 0 Å². The van der Waals surface area contributed by atoms with Gasteiger partial charge >= 0.3 is 0 Å². The number of hydrogen-bond acceptors (Lipinski definition) is 5. The number of likely N-dealkylation sites (N-methyl/N-ethyl adjacent to an activating group) is 1. The van der Waals surface area contributed by atoms with Gasteiger partial charge in [-0.25, -0.2) is 0 Å². The summed E-state index contributed by atoms with van der Waals surface area (Å²) in [6.45, 7) is 6.95. The number of nitrogen functional groups attached to an aromatic ring is 1. The van der Waals surface area contributed by atoms with Gasteiger partial charge in [0.25, 0.3) is 5.69 Å². The largest absolute Gasteiger partial charge is 0.398 e. The quantitative estimate of drug-likeness (QED) is 0.517. The van der Waals surface area contributed by atoms with Crippen molar-refractivity contribution in [2.24, 2.45) is 0 Å². The first-order chi connectivity index (χ1) is 9.38. The minimum atomic E-state index is -0.377. The number of nitrogens with zero attached hydrogens (tertiary/aromatic N) is 3. The molecule has 2 unspecified atom stereocenters. The predicted octanol–water partition coefficient (Wildman–Crippen LogP) is 1.70. The van der Waals surface area contributed by atoms with Crippen LogP contribution in [-0.2, 0) is 6.54 Å². The molecular formula is C14H22N4O2. The van der Waals surface area contributed by atoms with Gasteiger partial charge in [0, 0.05) is 49.5 Å². The maximum Gasteiger partial charge on any atom is 0.269 e. The Hall–Kier alpha value is -1.66. The molecule has 1 aliphatic rings. The second-order valence-corrected chi connectivity index (χ2v) is 5.70. The van der Waals surface area contributed by atoms with Crippen LogP contribution in [0.1, 0.15) is 19.4 Å². The average Bonchev–Trinajstić information content (AvgIpc) is 2.38. The number of piperazine rings is 1. The number of nitro benzene ring substituents is 1. The molecule has 0 spiro atoms. The van der Waals surface area contributed by atoms with Crippen LogP contribution in [0.4, 0.5) is 11.4 Å². The van der Waals surface area contributed by atoms with E-state index in [1.54, 1.807) is 12.1 Å². The molecule has 6 nitrogen and oxygen atoms in total. The van der Waals surface area contributed by atoms with Crippen molar-refractivity contribution in [1.82, 2.24) is 9.80 Å². The van der Waals surface area contributed by atoms with Gasteiger partial charge in [0.15, 0.2) is 0 Å². The number of nitrogens with two attached hydrogens (primary N) is 1. The van der Waals surface area contributed by atoms with E-state index in [0.717, 1.165) is 18.7 Å². The molecule has 110 valence electrons. The van der Waals surface area contributed by atoms with Crippen LogP contribution in [0.2, 0.25) is 0 Å². The molecule has 2 rings (SSSR count). The number of anilines is 1. The smallest absolute Gasteiger partial charge is 0.269 e. The van der Waals surface area contributed by atoms with Crippen LogP contribution in [0.25, 0.3) is 0 Å². The molecular weight excluding hydrogens is 256 g/mol. The Bertz CT molecular complexity index is 494. The van der Waals surface area contributed by atoms with E-state index in [4.69, 9.17) is 5.73 Å². The van der Waals surface area contributed by atoms with Gasteiger partial charge in [-0.3, -0.25) is 19.9 Å². The molecule has 1 aromatic carbocycles. The van der Waals surface area contributed by atoms with Crippen molar-refractivity contribution < 1.29 is 4.92 Å². The van der Waals surface area contributed by atoms with Crippen LogP contribution in [0.3, 0.4) is 0 Å². The molecule has 2 atom stereocenters. The van der Waals surface area contributed by atoms with Crippen LogP contribution in [0, 0.1) is 10.1 Å². The van der Waals surface area contributed by atoms with Gasteiger partial charge in [0.1, 0.15) is 0 Å². The van der Waals surface area contributed by atoms with E-state index in [1.165, 1.54) is 6.07 Å². The molecule has 1 fully saturated rings. The van der Waals surface area contributed by atoms with Gasteiger partial charge in [-0.2, -0.15) is 0 Å². The second kappa shape index (κ2) is 5.76. The fourth-order valence-electron chi connectivity index (χ4n) is 2.73. The van der Waals surface area contributed by atoms with Crippen molar-refractivity contribution in [1.29, 1.82) is 0 Å². The standard InChI is InChI=1S/C14H22N4O2/c1-10-7-17(8-11(2)16(10)3)9-12-6-13(18(19)20)4-5-14(12)15/h4-6,10-11H,7-9,15H2,1-3H3. The molecule has 1 saturated heterocycles. The van der Waals surface area contributed by atoms with Gasteiger partial charge in [0.05, 0.1) is 4.92 Å². The molecule has 0 amide bonds. The van der Waals surface area contributed by atoms with Crippen LogP contribution >= 0.6 is 0 Å². The zero-order chi connectivity index (χ0) is 14.9. The topological polar surface area (TPSA) is 75.6 Å². The molecule has 0 radical (unpaired) electrons. The Labute approximate surface area is 119 Å². The third-order valence-electron chi connectivity index (χ3n) is 4.17. The summed E-state index contributed by atoms with van der Waals surface area (Å²) in [7, 11) is 2.13. The number of rotatable bonds is 3. The number of hydrogen-bond donors (Lipinski definition) is 1. The van der Waals surface area contributed by atoms with Gasteiger partial charge in [-0.1, -0.05) is 0 Å². The summed E-state index contributed by atoms with van der Waals surface area (Å²) in [6, 6.07) is 5.60. The van der Waals surface area contributed by atoms with Crippen LogP contribution < -0.4 is 5.73 Å². The summed E-state index contributed by atoms with van der Waals surface area (Å²) in [5, 5.41) is 10.8. The van der Waals surface area contributed by atoms with Gasteiger partial charge < -0.3 is 5.73 Å². The summed E-state index contributed by atoms with van der Waals surface area (Å²) >= 11 is 0. The number of benzene rings is 1. The Balaban J connectivity index is 2.14. The highest BCUT2D eigenvalue weighted by Crippen LogP contribution is 2.23. The van der Waals surface area contributed by atoms with E-state index in [2.05, 4.69) is 30.7 Å². The zero-order valence-electron chi connectivity index (χ0n) is 12.2. The third-order valence-corrected chi connectivity index (χ3v) is 4.17. The lowest BCUT2D eigenvalue weighted by atomic mass is 10.1. The lowest BCUT2D eigenvalue weighted by Gasteiger charge is -2.42. The summed E-state index contributed by atoms with van der Waals surface area (Å²) < 4.78 is 0. The predicted molar refractivity (Wildman–Crippen MR) is 79.5 cm³/mol. The van der Waals surface area contributed by atoms with E-state index < -0.39 is 0 Å². The Morgan fingerprint density at radius 3 is 2.50 bits per heavy atom. The Morgan fingerprint density at radius 1 is 1.35 bits per heavy atom. The van der Waals surface area contributed by atoms with Crippen LogP contribution in [-0.4, -0.2) is 46.9 Å². The zero-order valence-corrected chi connectivity index (χ0v) is 12.2. The van der Waals surface area contributed by atoms with E-state index in [0.29, 0.717) is 24.3 Å². The van der Waals surface area contributed by atoms with Gasteiger partial charge in [0.2, 0.25) is 0 Å². The fraction of sp³-hybridized carbons (Fsp3) is 0.571. The van der Waals surface area contributed by atoms with Crippen molar-refractivity contribution in [3.63, 3.8) is 0 Å². The second-order valence-electron chi connectivity index (χ2n) is 5.70. The lowest BCUT2D eigenvalue weighted by molar-refractivity contribution is -0.384. The number of nitro groups is 1. The summed E-state index contributed by atoms with van der Waals surface area (Å²) in [4.78, 5) is 15.1. The molecule has 0 aromatic heterocycles. The molecule has 6 heteroatoms. The molecule has 0 aliphatic carbocycles. The molecule has 0 saturated carbocycles. The summed E-state index contributed by atoms with van der Waals surface area (Å²) in [5.41, 5.74) is 7.50. The highest BCUT2D eigenvalue weighted by atomic mass is 16.6. The molecule has 2 N–H and O–H groups in total. The first kappa shape index (κ1) is 14.7. The first-order valence-corrected chi connectivity index (χ1v) is 6.85. The maximum absolute atomic E-state index is 10.8. The third kappa shape index (κ3) is 3.08. The van der Waals surface area contributed by atoms with Crippen LogP contribution in [0.15, 0.2) is 18.2 Å². The first-order valence-electron chi connectivity index (χ1n) is 6.85. The summed E-state index contributed by atoms with van der Waals surface area (Å²) in [5.74, 6) is 0. The van der Waals surface area contributed by atoms with Gasteiger partial charge in [-0.05, 0) is 32.5 Å². The van der Waals surface area contributed by atoms with E-state index in [1.807, 2.05) is 0 Å². The summed E-state index contributed by atoms with van der Waals surface area (Å²) in [6.07, 6.45) is 0. The van der Waals surface area contributed by atoms with E-state index in [-0.39, 0.29) is 10.6 Å². The minimum Gasteiger partial charge on any atom is -0.398 e. The highest BCUT2D eigenvalue weighted by Gasteiger charge is 2.26. The molecule has 20 heavy (non-hydrogen) atoms. The van der Waals surface area contributed by atoms with Crippen molar-refractivity contribution in [3.8, 4) is 0 Å². The fourth-order valence-corrected chi connectivity index (χ4v) is 2.73. The van der Waals surface area contributed by atoms with E-state index in [9.17, 15) is 10.1 Å². The SMILES string of the molecule is CC1CN(Cc2cc([N+](=O)[O-])ccc2N)CC(C)N1C. The number of non-ortho nitro benzene ring substituents is 1. The van der Waals surface area contributed by atoms with Crippen molar-refractivity contribution in [2.45, 2.75) is 32.5 Å². The normalized spacial score (nSPS) is 24.8.